The summed E-state index contributed by atoms with van der Waals surface area (Å²) < 4.78 is 25.2. The van der Waals surface area contributed by atoms with Gasteiger partial charge in [-0.3, -0.25) is 0 Å². The maximum absolute atomic E-state index is 12.6. The molecule has 1 nitrogen and oxygen atoms in total. The van der Waals surface area contributed by atoms with Crippen LogP contribution in [0, 0.1) is 0 Å². The Morgan fingerprint density at radius 1 is 1.10 bits per heavy atom. The summed E-state index contributed by atoms with van der Waals surface area (Å²) in [6.45, 7) is 0. The van der Waals surface area contributed by atoms with Gasteiger partial charge in [-0.05, 0) is 23.8 Å². The summed E-state index contributed by atoms with van der Waals surface area (Å²) in [6, 6.07) is 15.6. The van der Waals surface area contributed by atoms with E-state index in [4.69, 9.17) is 0 Å². The van der Waals surface area contributed by atoms with Crippen LogP contribution in [-0.2, 0) is 0 Å². The highest BCUT2D eigenvalue weighted by molar-refractivity contribution is 8.00. The van der Waals surface area contributed by atoms with Crippen molar-refractivity contribution < 1.29 is 8.78 Å². The molecule has 1 heterocycles. The lowest BCUT2D eigenvalue weighted by atomic mass is 10.1. The van der Waals surface area contributed by atoms with Gasteiger partial charge in [-0.25, -0.2) is 0 Å². The first-order chi connectivity index (χ1) is 9.74. The zero-order chi connectivity index (χ0) is 13.9. The van der Waals surface area contributed by atoms with E-state index in [1.165, 1.54) is 10.5 Å². The zero-order valence-electron chi connectivity index (χ0n) is 10.6. The molecule has 0 bridgehead atoms. The summed E-state index contributed by atoms with van der Waals surface area (Å²) >= 11 is 2.38. The molecule has 1 atom stereocenters. The molecule has 5 heteroatoms. The minimum Gasteiger partial charge on any atom is -0.376 e. The van der Waals surface area contributed by atoms with Gasteiger partial charge in [0.1, 0.15) is 0 Å². The van der Waals surface area contributed by atoms with Crippen LogP contribution in [-0.4, -0.2) is 11.5 Å². The Balaban J connectivity index is 1.82. The van der Waals surface area contributed by atoms with Crippen molar-refractivity contribution in [1.29, 1.82) is 0 Å². The van der Waals surface area contributed by atoms with Crippen molar-refractivity contribution in [3.8, 4) is 0 Å². The smallest absolute Gasteiger partial charge is 0.288 e. The molecular weight excluding hydrogens is 296 g/mol. The third-order valence-corrected chi connectivity index (χ3v) is 5.10. The van der Waals surface area contributed by atoms with Crippen LogP contribution in [0.3, 0.4) is 0 Å². The van der Waals surface area contributed by atoms with Gasteiger partial charge in [-0.1, -0.05) is 42.1 Å². The van der Waals surface area contributed by atoms with E-state index in [0.29, 0.717) is 16.7 Å². The predicted octanol–water partition coefficient (Wildman–Crippen LogP) is 5.26. The third kappa shape index (κ3) is 2.94. The lowest BCUT2D eigenvalue weighted by molar-refractivity contribution is 0.252. The molecule has 3 rings (SSSR count). The number of benzene rings is 2. The molecule has 2 aromatic rings. The van der Waals surface area contributed by atoms with Crippen LogP contribution in [0.15, 0.2) is 58.3 Å². The first-order valence-electron chi connectivity index (χ1n) is 6.26. The van der Waals surface area contributed by atoms with Crippen LogP contribution in [0.2, 0.25) is 0 Å². The number of hydrogen-bond acceptors (Lipinski definition) is 3. The lowest BCUT2D eigenvalue weighted by Gasteiger charge is -2.17. The molecule has 0 aromatic heterocycles. The largest absolute Gasteiger partial charge is 0.376 e. The van der Waals surface area contributed by atoms with Crippen LogP contribution < -0.4 is 5.32 Å². The Labute approximate surface area is 125 Å². The molecule has 0 fully saturated rings. The van der Waals surface area contributed by atoms with E-state index in [9.17, 15) is 8.78 Å². The van der Waals surface area contributed by atoms with Crippen molar-refractivity contribution in [3.63, 3.8) is 0 Å². The van der Waals surface area contributed by atoms with E-state index in [1.807, 2.05) is 24.3 Å². The van der Waals surface area contributed by atoms with Gasteiger partial charge in [0.05, 0.1) is 6.04 Å². The number of rotatable bonds is 4. The molecule has 1 aliphatic rings. The topological polar surface area (TPSA) is 12.0 Å². The number of halogens is 2. The van der Waals surface area contributed by atoms with Crippen molar-refractivity contribution in [3.05, 3.63) is 54.1 Å². The molecule has 2 aromatic carbocycles. The second-order valence-corrected chi connectivity index (χ2v) is 6.51. The quantitative estimate of drug-likeness (QED) is 0.774. The Hall–Kier alpha value is -1.20. The fourth-order valence-electron chi connectivity index (χ4n) is 2.25. The molecule has 1 unspecified atom stereocenters. The molecule has 0 saturated heterocycles. The fourth-order valence-corrected chi connectivity index (χ4v) is 4.02. The van der Waals surface area contributed by atoms with E-state index in [0.717, 1.165) is 11.4 Å². The first kappa shape index (κ1) is 13.8. The van der Waals surface area contributed by atoms with Crippen LogP contribution in [0.1, 0.15) is 11.6 Å². The summed E-state index contributed by atoms with van der Waals surface area (Å²) in [5.41, 5.74) is 2.02. The number of para-hydroxylation sites is 1. The number of anilines is 1. The second kappa shape index (κ2) is 6.06. The van der Waals surface area contributed by atoms with Crippen molar-refractivity contribution in [2.75, 3.05) is 11.1 Å². The highest BCUT2D eigenvalue weighted by Gasteiger charge is 2.23. The Bertz CT molecular complexity index is 604. The summed E-state index contributed by atoms with van der Waals surface area (Å²) in [7, 11) is 0. The van der Waals surface area contributed by atoms with Gasteiger partial charge in [-0.2, -0.15) is 8.78 Å². The Morgan fingerprint density at radius 3 is 2.70 bits per heavy atom. The highest BCUT2D eigenvalue weighted by Crippen LogP contribution is 2.41. The van der Waals surface area contributed by atoms with Gasteiger partial charge in [0.25, 0.3) is 5.76 Å². The first-order valence-corrected chi connectivity index (χ1v) is 8.12. The van der Waals surface area contributed by atoms with Gasteiger partial charge in [-0.15, -0.1) is 11.8 Å². The second-order valence-electron chi connectivity index (χ2n) is 4.42. The fraction of sp³-hybridized carbons (Fsp3) is 0.200. The average molecular weight is 309 g/mol. The summed E-state index contributed by atoms with van der Waals surface area (Å²) in [5, 5.41) is 3.40. The number of fused-ring (bicyclic) bond motifs is 1. The van der Waals surface area contributed by atoms with E-state index < -0.39 is 5.76 Å². The van der Waals surface area contributed by atoms with Crippen molar-refractivity contribution in [2.45, 2.75) is 21.6 Å². The molecule has 1 N–H and O–H groups in total. The predicted molar refractivity (Wildman–Crippen MR) is 81.8 cm³/mol. The SMILES string of the molecule is FC(F)Sc1ccccc1NC1CSc2ccccc21. The summed E-state index contributed by atoms with van der Waals surface area (Å²) in [4.78, 5) is 1.86. The van der Waals surface area contributed by atoms with Crippen molar-refractivity contribution in [2.24, 2.45) is 0 Å². The normalized spacial score (nSPS) is 17.2. The third-order valence-electron chi connectivity index (χ3n) is 3.13. The molecule has 0 aliphatic carbocycles. The van der Waals surface area contributed by atoms with Gasteiger partial charge in [0.2, 0.25) is 0 Å². The van der Waals surface area contributed by atoms with Gasteiger partial charge >= 0.3 is 0 Å². The molecular formula is C15H13F2NS2. The van der Waals surface area contributed by atoms with Gasteiger partial charge in [0, 0.05) is 21.2 Å². The average Bonchev–Trinajstić information content (AvgIpc) is 2.84. The van der Waals surface area contributed by atoms with Crippen molar-refractivity contribution >= 4 is 29.2 Å². The molecule has 0 saturated carbocycles. The van der Waals surface area contributed by atoms with Crippen LogP contribution in [0.4, 0.5) is 14.5 Å². The number of thioether (sulfide) groups is 2. The highest BCUT2D eigenvalue weighted by atomic mass is 32.2. The standard InChI is InChI=1S/C15H13F2NS2/c16-15(17)20-14-8-4-2-6-11(14)18-12-9-19-13-7-3-1-5-10(12)13/h1-8,12,15,18H,9H2. The molecule has 20 heavy (non-hydrogen) atoms. The van der Waals surface area contributed by atoms with E-state index >= 15 is 0 Å². The van der Waals surface area contributed by atoms with E-state index in [1.54, 1.807) is 23.9 Å². The number of alkyl halides is 2. The van der Waals surface area contributed by atoms with E-state index in [2.05, 4.69) is 17.4 Å². The van der Waals surface area contributed by atoms with E-state index in [-0.39, 0.29) is 6.04 Å². The maximum atomic E-state index is 12.6. The summed E-state index contributed by atoms with van der Waals surface area (Å²) in [6.07, 6.45) is 0. The maximum Gasteiger partial charge on any atom is 0.288 e. The van der Waals surface area contributed by atoms with Crippen LogP contribution in [0.5, 0.6) is 0 Å². The monoisotopic (exact) mass is 309 g/mol. The number of hydrogen-bond donors (Lipinski definition) is 1. The van der Waals surface area contributed by atoms with Gasteiger partial charge in [0.15, 0.2) is 0 Å². The number of nitrogens with one attached hydrogen (secondary N) is 1. The lowest BCUT2D eigenvalue weighted by Crippen LogP contribution is -2.10. The molecule has 104 valence electrons. The van der Waals surface area contributed by atoms with Crippen LogP contribution in [0.25, 0.3) is 0 Å². The minimum absolute atomic E-state index is 0.177. The summed E-state index contributed by atoms with van der Waals surface area (Å²) in [5.74, 6) is -1.48. The minimum atomic E-state index is -2.40. The van der Waals surface area contributed by atoms with Crippen LogP contribution >= 0.6 is 23.5 Å². The molecule has 1 aliphatic heterocycles. The van der Waals surface area contributed by atoms with Gasteiger partial charge < -0.3 is 5.32 Å². The molecule has 0 amide bonds. The Morgan fingerprint density at radius 2 is 1.85 bits per heavy atom. The molecule has 0 spiro atoms. The van der Waals surface area contributed by atoms with Crippen molar-refractivity contribution in [1.82, 2.24) is 0 Å². The zero-order valence-corrected chi connectivity index (χ0v) is 12.2. The molecule has 0 radical (unpaired) electrons. The Kier molecular flexibility index (Phi) is 4.17.